The summed E-state index contributed by atoms with van der Waals surface area (Å²) in [6.07, 6.45) is 4.27. The van der Waals surface area contributed by atoms with E-state index in [1.54, 1.807) is 11.6 Å². The second-order valence-corrected chi connectivity index (χ2v) is 7.02. The third-order valence-electron chi connectivity index (χ3n) is 3.23. The molecule has 0 aromatic heterocycles. The van der Waals surface area contributed by atoms with Crippen molar-refractivity contribution in [2.75, 3.05) is 38.1 Å². The first kappa shape index (κ1) is 19.7. The van der Waals surface area contributed by atoms with Crippen molar-refractivity contribution in [3.05, 3.63) is 35.9 Å². The Labute approximate surface area is 143 Å². The molecular formula is C17H27N3O2S. The van der Waals surface area contributed by atoms with Gasteiger partial charge in [-0.1, -0.05) is 44.0 Å². The van der Waals surface area contributed by atoms with Crippen LogP contribution in [0.25, 0.3) is 6.08 Å². The van der Waals surface area contributed by atoms with Gasteiger partial charge >= 0.3 is 0 Å². The van der Waals surface area contributed by atoms with Crippen LogP contribution in [0.4, 0.5) is 5.69 Å². The molecule has 0 atom stereocenters. The Morgan fingerprint density at radius 3 is 2.39 bits per heavy atom. The van der Waals surface area contributed by atoms with Gasteiger partial charge in [-0.25, -0.2) is 9.79 Å². The first-order chi connectivity index (χ1) is 11.1. The first-order valence-electron chi connectivity index (χ1n) is 7.80. The molecule has 1 heterocycles. The predicted octanol–water partition coefficient (Wildman–Crippen LogP) is 2.67. The van der Waals surface area contributed by atoms with E-state index in [1.807, 2.05) is 24.1 Å². The zero-order valence-corrected chi connectivity index (χ0v) is 14.9. The van der Waals surface area contributed by atoms with Crippen molar-refractivity contribution in [1.82, 2.24) is 9.79 Å². The maximum atomic E-state index is 10.5. The van der Waals surface area contributed by atoms with E-state index in [0.717, 1.165) is 38.0 Å². The molecule has 0 radical (unpaired) electrons. The molecule has 0 spiro atoms. The number of rotatable bonds is 5. The van der Waals surface area contributed by atoms with Gasteiger partial charge in [-0.05, 0) is 23.8 Å². The summed E-state index contributed by atoms with van der Waals surface area (Å²) in [4.78, 5) is 12.9. The summed E-state index contributed by atoms with van der Waals surface area (Å²) in [6.45, 7) is 8.69. The average Bonchev–Trinajstić information content (AvgIpc) is 2.54. The number of piperazine rings is 1. The second-order valence-electron chi connectivity index (χ2n) is 5.35. The molecule has 1 aliphatic rings. The largest absolute Gasteiger partial charge is 0.368 e. The highest BCUT2D eigenvalue weighted by molar-refractivity contribution is 7.97. The van der Waals surface area contributed by atoms with Gasteiger partial charge in [0.2, 0.25) is 0 Å². The molecule has 2 N–H and O–H groups in total. The minimum absolute atomic E-state index is 0.643. The Bertz CT molecular complexity index is 486. The van der Waals surface area contributed by atoms with E-state index in [4.69, 9.17) is 5.21 Å². The van der Waals surface area contributed by atoms with Crippen LogP contribution in [0, 0.1) is 0 Å². The lowest BCUT2D eigenvalue weighted by Gasteiger charge is -2.36. The van der Waals surface area contributed by atoms with Crippen molar-refractivity contribution in [2.45, 2.75) is 19.1 Å². The highest BCUT2D eigenvalue weighted by Crippen LogP contribution is 2.25. The van der Waals surface area contributed by atoms with E-state index >= 15 is 0 Å². The summed E-state index contributed by atoms with van der Waals surface area (Å²) >= 11 is 1.94. The zero-order chi connectivity index (χ0) is 17.1. The monoisotopic (exact) mass is 337 g/mol. The number of nitrogens with zero attached hydrogens (tertiary/aromatic N) is 2. The van der Waals surface area contributed by atoms with Crippen LogP contribution in [0.15, 0.2) is 30.3 Å². The van der Waals surface area contributed by atoms with Gasteiger partial charge < -0.3 is 10.1 Å². The van der Waals surface area contributed by atoms with Crippen LogP contribution >= 0.6 is 11.9 Å². The van der Waals surface area contributed by atoms with Gasteiger partial charge in [0.15, 0.2) is 0 Å². The van der Waals surface area contributed by atoms with Gasteiger partial charge in [0, 0.05) is 44.2 Å². The van der Waals surface area contributed by atoms with Crippen molar-refractivity contribution in [3.63, 3.8) is 0 Å². The molecule has 2 rings (SSSR count). The Morgan fingerprint density at radius 2 is 1.83 bits per heavy atom. The van der Waals surface area contributed by atoms with E-state index < -0.39 is 0 Å². The topological polar surface area (TPSA) is 55.8 Å². The third kappa shape index (κ3) is 7.18. The van der Waals surface area contributed by atoms with Crippen LogP contribution in [-0.4, -0.2) is 54.3 Å². The smallest absolute Gasteiger partial charge is 0.142 e. The highest BCUT2D eigenvalue weighted by atomic mass is 32.2. The molecule has 5 nitrogen and oxygen atoms in total. The number of anilines is 1. The molecular weight excluding hydrogens is 310 g/mol. The van der Waals surface area contributed by atoms with Crippen LogP contribution in [0.5, 0.6) is 0 Å². The van der Waals surface area contributed by atoms with Crippen molar-refractivity contribution >= 4 is 30.0 Å². The van der Waals surface area contributed by atoms with Crippen molar-refractivity contribution < 1.29 is 10.0 Å². The van der Waals surface area contributed by atoms with Crippen LogP contribution < -0.4 is 10.4 Å². The lowest BCUT2D eigenvalue weighted by Crippen LogP contribution is -2.44. The van der Waals surface area contributed by atoms with E-state index in [0.29, 0.717) is 5.25 Å². The average molecular weight is 337 g/mol. The molecule has 6 heteroatoms. The van der Waals surface area contributed by atoms with Crippen LogP contribution in [0.1, 0.15) is 19.4 Å². The fourth-order valence-electron chi connectivity index (χ4n) is 2.39. The summed E-state index contributed by atoms with van der Waals surface area (Å²) in [5, 5.41) is 7.96. The Balaban J connectivity index is 0.000000816. The number of allylic oxidation sites excluding steroid dienone is 1. The molecule has 1 fully saturated rings. The number of benzene rings is 1. The number of carbonyl (C=O) groups excluding carboxylic acids is 1. The van der Waals surface area contributed by atoms with Crippen molar-refractivity contribution in [2.24, 2.45) is 0 Å². The van der Waals surface area contributed by atoms with E-state index in [2.05, 4.69) is 41.3 Å². The zero-order valence-electron chi connectivity index (χ0n) is 14.1. The van der Waals surface area contributed by atoms with Crippen LogP contribution in [0.2, 0.25) is 0 Å². The van der Waals surface area contributed by atoms with E-state index in [1.165, 1.54) is 12.7 Å². The van der Waals surface area contributed by atoms with Crippen molar-refractivity contribution in [1.29, 1.82) is 0 Å². The molecule has 0 amide bonds. The molecule has 0 saturated carbocycles. The van der Waals surface area contributed by atoms with Gasteiger partial charge in [0.05, 0.1) is 0 Å². The van der Waals surface area contributed by atoms with Gasteiger partial charge in [-0.2, -0.15) is 0 Å². The lowest BCUT2D eigenvalue weighted by molar-refractivity contribution is -0.104. The molecule has 1 aromatic rings. The maximum absolute atomic E-state index is 10.5. The van der Waals surface area contributed by atoms with E-state index in [-0.39, 0.29) is 0 Å². The summed E-state index contributed by atoms with van der Waals surface area (Å²) in [6, 6.07) is 8.27. The fraction of sp³-hybridized carbons (Fsp3) is 0.471. The number of hydroxylamine groups is 1. The van der Waals surface area contributed by atoms with Gasteiger partial charge in [-0.15, -0.1) is 0 Å². The minimum Gasteiger partial charge on any atom is -0.368 e. The molecule has 1 saturated heterocycles. The Hall–Kier alpha value is -1.34. The predicted molar refractivity (Wildman–Crippen MR) is 98.9 cm³/mol. The summed E-state index contributed by atoms with van der Waals surface area (Å²) in [5.41, 5.74) is 4.09. The number of hydrogen-bond acceptors (Lipinski definition) is 6. The quantitative estimate of drug-likeness (QED) is 0.373. The van der Waals surface area contributed by atoms with E-state index in [9.17, 15) is 4.79 Å². The number of nitrogens with one attached hydrogen (secondary N) is 1. The second kappa shape index (κ2) is 11.2. The fourth-order valence-corrected chi connectivity index (χ4v) is 3.36. The number of hydrogen-bond donors (Lipinski definition) is 2. The Morgan fingerprint density at radius 1 is 1.22 bits per heavy atom. The van der Waals surface area contributed by atoms with Gasteiger partial charge in [0.1, 0.15) is 6.29 Å². The number of carbonyl (C=O) groups is 1. The van der Waals surface area contributed by atoms with Gasteiger partial charge in [0.25, 0.3) is 0 Å². The third-order valence-corrected chi connectivity index (χ3v) is 4.32. The van der Waals surface area contributed by atoms with Crippen molar-refractivity contribution in [3.8, 4) is 0 Å². The maximum Gasteiger partial charge on any atom is 0.142 e. The van der Waals surface area contributed by atoms with Gasteiger partial charge in [-0.3, -0.25) is 4.79 Å². The molecule has 23 heavy (non-hydrogen) atoms. The molecule has 0 unspecified atom stereocenters. The summed E-state index contributed by atoms with van der Waals surface area (Å²) in [5.74, 6) is 0. The molecule has 1 aromatic carbocycles. The van der Waals surface area contributed by atoms with Crippen LogP contribution in [-0.2, 0) is 4.79 Å². The normalized spacial score (nSPS) is 15.6. The Kier molecular flexibility index (Phi) is 9.63. The minimum atomic E-state index is 0.643. The lowest BCUT2D eigenvalue weighted by atomic mass is 10.1. The molecule has 128 valence electrons. The SMILES string of the molecule is CC(C)SN1CCN(c2ccccc2/C=C/C=O)CC1.CNO. The summed E-state index contributed by atoms with van der Waals surface area (Å²) < 4.78 is 2.45. The molecule has 0 aliphatic carbocycles. The van der Waals surface area contributed by atoms with Crippen LogP contribution in [0.3, 0.4) is 0 Å². The summed E-state index contributed by atoms with van der Waals surface area (Å²) in [7, 11) is 1.43. The first-order valence-corrected chi connectivity index (χ1v) is 8.64. The number of para-hydroxylation sites is 1. The molecule has 1 aliphatic heterocycles. The number of aldehydes is 1. The molecule has 0 bridgehead atoms. The highest BCUT2D eigenvalue weighted by Gasteiger charge is 2.19. The standard InChI is InChI=1S/C16H22N2OS.CH5NO/c1-14(2)20-18-11-9-17(10-12-18)16-8-4-3-6-15(16)7-5-13-19;1-2-3/h3-8,13-14H,9-12H2,1-2H3;2-3H,1H3/b7-5+;.